The van der Waals surface area contributed by atoms with Crippen LogP contribution in [0.5, 0.6) is 0 Å². The first-order valence-corrected chi connectivity index (χ1v) is 7.89. The first-order valence-electron chi connectivity index (χ1n) is 7.89. The van der Waals surface area contributed by atoms with Gasteiger partial charge in [-0.1, -0.05) is 56.0 Å². The summed E-state index contributed by atoms with van der Waals surface area (Å²) >= 11 is 0. The minimum absolute atomic E-state index is 0.457. The van der Waals surface area contributed by atoms with Crippen molar-refractivity contribution in [1.29, 1.82) is 0 Å². The number of hydrogen-bond acceptors (Lipinski definition) is 2. The molecular formula is C17H25NO. The number of hydrogen-bond donors (Lipinski definition) is 1. The quantitative estimate of drug-likeness (QED) is 0.819. The second-order valence-corrected chi connectivity index (χ2v) is 6.05. The standard InChI is InChI=1S/C17H25NO/c1-2-8-14(9-3-1)16-12-6-7-13-17(16)18-19-15-10-4-5-11-15/h1-3,8-9,15-18H,4-7,10-13H2. The maximum atomic E-state index is 5.94. The van der Waals surface area contributed by atoms with Gasteiger partial charge >= 0.3 is 0 Å². The summed E-state index contributed by atoms with van der Waals surface area (Å²) in [5.41, 5.74) is 4.88. The van der Waals surface area contributed by atoms with E-state index >= 15 is 0 Å². The van der Waals surface area contributed by atoms with Gasteiger partial charge in [-0.15, -0.1) is 0 Å². The third-order valence-electron chi connectivity index (χ3n) is 4.68. The minimum atomic E-state index is 0.457. The van der Waals surface area contributed by atoms with Crippen LogP contribution in [0.2, 0.25) is 0 Å². The highest BCUT2D eigenvalue weighted by Crippen LogP contribution is 2.33. The molecule has 0 saturated heterocycles. The van der Waals surface area contributed by atoms with Gasteiger partial charge in [0.25, 0.3) is 0 Å². The molecule has 0 heterocycles. The van der Waals surface area contributed by atoms with Crippen LogP contribution in [0.25, 0.3) is 0 Å². The highest BCUT2D eigenvalue weighted by Gasteiger charge is 2.27. The Balaban J connectivity index is 1.60. The van der Waals surface area contributed by atoms with Crippen molar-refractivity contribution in [3.63, 3.8) is 0 Å². The predicted molar refractivity (Wildman–Crippen MR) is 77.9 cm³/mol. The number of benzene rings is 1. The lowest BCUT2D eigenvalue weighted by Crippen LogP contribution is -2.39. The van der Waals surface area contributed by atoms with Crippen molar-refractivity contribution in [2.75, 3.05) is 0 Å². The van der Waals surface area contributed by atoms with E-state index in [-0.39, 0.29) is 0 Å². The maximum Gasteiger partial charge on any atom is 0.0790 e. The molecule has 2 saturated carbocycles. The van der Waals surface area contributed by atoms with Crippen molar-refractivity contribution in [3.05, 3.63) is 35.9 Å². The average molecular weight is 259 g/mol. The molecule has 2 nitrogen and oxygen atoms in total. The largest absolute Gasteiger partial charge is 0.298 e. The fourth-order valence-corrected chi connectivity index (χ4v) is 3.56. The molecule has 0 bridgehead atoms. The molecule has 2 fully saturated rings. The van der Waals surface area contributed by atoms with E-state index in [1.54, 1.807) is 0 Å². The van der Waals surface area contributed by atoms with Crippen molar-refractivity contribution in [2.45, 2.75) is 69.4 Å². The number of rotatable bonds is 4. The molecule has 0 aromatic heterocycles. The van der Waals surface area contributed by atoms with Gasteiger partial charge in [-0.2, -0.15) is 5.48 Å². The van der Waals surface area contributed by atoms with E-state index in [0.29, 0.717) is 18.1 Å². The molecule has 0 radical (unpaired) electrons. The molecule has 2 atom stereocenters. The van der Waals surface area contributed by atoms with Crippen molar-refractivity contribution in [2.24, 2.45) is 0 Å². The van der Waals surface area contributed by atoms with Gasteiger partial charge in [0.1, 0.15) is 0 Å². The second kappa shape index (κ2) is 6.53. The van der Waals surface area contributed by atoms with Gasteiger partial charge in [0.05, 0.1) is 6.10 Å². The van der Waals surface area contributed by atoms with Crippen LogP contribution >= 0.6 is 0 Å². The first-order chi connectivity index (χ1) is 9.43. The van der Waals surface area contributed by atoms with E-state index in [9.17, 15) is 0 Å². The first kappa shape index (κ1) is 13.1. The molecule has 2 heteroatoms. The van der Waals surface area contributed by atoms with Crippen LogP contribution in [0.15, 0.2) is 30.3 Å². The van der Waals surface area contributed by atoms with E-state index in [1.165, 1.54) is 56.9 Å². The van der Waals surface area contributed by atoms with Gasteiger partial charge < -0.3 is 0 Å². The van der Waals surface area contributed by atoms with Gasteiger partial charge in [-0.3, -0.25) is 4.84 Å². The normalized spacial score (nSPS) is 28.6. The Morgan fingerprint density at radius 3 is 2.32 bits per heavy atom. The van der Waals surface area contributed by atoms with E-state index in [4.69, 9.17) is 4.84 Å². The van der Waals surface area contributed by atoms with Crippen LogP contribution in [0.1, 0.15) is 62.8 Å². The van der Waals surface area contributed by atoms with E-state index in [1.807, 2.05) is 0 Å². The number of nitrogens with one attached hydrogen (secondary N) is 1. The SMILES string of the molecule is c1ccc(C2CCCCC2NOC2CCCC2)cc1. The molecule has 1 aromatic carbocycles. The Labute approximate surface area is 116 Å². The van der Waals surface area contributed by atoms with Crippen LogP contribution in [0, 0.1) is 0 Å². The summed E-state index contributed by atoms with van der Waals surface area (Å²) in [7, 11) is 0. The lowest BCUT2D eigenvalue weighted by Gasteiger charge is -2.33. The van der Waals surface area contributed by atoms with E-state index in [0.717, 1.165) is 0 Å². The van der Waals surface area contributed by atoms with Crippen LogP contribution < -0.4 is 5.48 Å². The minimum Gasteiger partial charge on any atom is -0.298 e. The summed E-state index contributed by atoms with van der Waals surface area (Å²) < 4.78 is 0. The van der Waals surface area contributed by atoms with Gasteiger partial charge in [0.15, 0.2) is 0 Å². The van der Waals surface area contributed by atoms with Gasteiger partial charge in [0.2, 0.25) is 0 Å². The summed E-state index contributed by atoms with van der Waals surface area (Å²) in [5, 5.41) is 0. The molecule has 2 aliphatic rings. The number of hydroxylamine groups is 1. The summed E-state index contributed by atoms with van der Waals surface area (Å²) in [5.74, 6) is 0.622. The third-order valence-corrected chi connectivity index (χ3v) is 4.68. The third kappa shape index (κ3) is 3.37. The Hall–Kier alpha value is -0.860. The second-order valence-electron chi connectivity index (χ2n) is 6.05. The molecule has 0 spiro atoms. The Kier molecular flexibility index (Phi) is 4.52. The topological polar surface area (TPSA) is 21.3 Å². The van der Waals surface area contributed by atoms with Crippen LogP contribution in [-0.4, -0.2) is 12.1 Å². The fraction of sp³-hybridized carbons (Fsp3) is 0.647. The molecule has 3 rings (SSSR count). The van der Waals surface area contributed by atoms with Crippen LogP contribution in [-0.2, 0) is 4.84 Å². The zero-order chi connectivity index (χ0) is 12.9. The molecule has 2 aliphatic carbocycles. The van der Waals surface area contributed by atoms with Gasteiger partial charge in [-0.05, 0) is 31.2 Å². The fourth-order valence-electron chi connectivity index (χ4n) is 3.56. The van der Waals surface area contributed by atoms with Crippen molar-refractivity contribution in [1.82, 2.24) is 5.48 Å². The summed E-state index contributed by atoms with van der Waals surface area (Å²) in [4.78, 5) is 5.94. The van der Waals surface area contributed by atoms with Gasteiger partial charge in [-0.25, -0.2) is 0 Å². The molecule has 0 aliphatic heterocycles. The summed E-state index contributed by atoms with van der Waals surface area (Å²) in [6, 6.07) is 11.4. The molecule has 19 heavy (non-hydrogen) atoms. The molecule has 2 unspecified atom stereocenters. The zero-order valence-electron chi connectivity index (χ0n) is 11.7. The van der Waals surface area contributed by atoms with Crippen LogP contribution in [0.4, 0.5) is 0 Å². The highest BCUT2D eigenvalue weighted by atomic mass is 16.7. The van der Waals surface area contributed by atoms with E-state index < -0.39 is 0 Å². The summed E-state index contributed by atoms with van der Waals surface area (Å²) in [6.45, 7) is 0. The average Bonchev–Trinajstić information content (AvgIpc) is 3.00. The lowest BCUT2D eigenvalue weighted by molar-refractivity contribution is -0.0501. The van der Waals surface area contributed by atoms with Crippen molar-refractivity contribution >= 4 is 0 Å². The van der Waals surface area contributed by atoms with Crippen molar-refractivity contribution in [3.8, 4) is 0 Å². The Morgan fingerprint density at radius 2 is 1.53 bits per heavy atom. The maximum absolute atomic E-state index is 5.94. The molecule has 1 aromatic rings. The molecule has 0 amide bonds. The molecule has 104 valence electrons. The Bertz CT molecular complexity index is 372. The zero-order valence-corrected chi connectivity index (χ0v) is 11.7. The monoisotopic (exact) mass is 259 g/mol. The van der Waals surface area contributed by atoms with E-state index in [2.05, 4.69) is 35.8 Å². The summed E-state index contributed by atoms with van der Waals surface area (Å²) in [6.07, 6.45) is 10.8. The smallest absolute Gasteiger partial charge is 0.0790 e. The Morgan fingerprint density at radius 1 is 0.842 bits per heavy atom. The highest BCUT2D eigenvalue weighted by molar-refractivity contribution is 5.21. The van der Waals surface area contributed by atoms with Gasteiger partial charge in [0, 0.05) is 12.0 Å². The van der Waals surface area contributed by atoms with Crippen LogP contribution in [0.3, 0.4) is 0 Å². The molecular weight excluding hydrogens is 234 g/mol. The predicted octanol–water partition coefficient (Wildman–Crippen LogP) is 4.18. The molecule has 1 N–H and O–H groups in total. The van der Waals surface area contributed by atoms with Crippen molar-refractivity contribution < 1.29 is 4.84 Å². The lowest BCUT2D eigenvalue weighted by atomic mass is 9.80.